The van der Waals surface area contributed by atoms with Crippen molar-refractivity contribution in [3.8, 4) is 5.75 Å². The number of aryl methyl sites for hydroxylation is 1. The Morgan fingerprint density at radius 2 is 1.95 bits per heavy atom. The van der Waals surface area contributed by atoms with Crippen LogP contribution in [0.25, 0.3) is 10.9 Å². The summed E-state index contributed by atoms with van der Waals surface area (Å²) in [6.45, 7) is 1.89. The molecule has 0 amide bonds. The molecule has 0 radical (unpaired) electrons. The van der Waals surface area contributed by atoms with Gasteiger partial charge in [0.15, 0.2) is 0 Å². The summed E-state index contributed by atoms with van der Waals surface area (Å²) in [7, 11) is 1.91. The van der Waals surface area contributed by atoms with E-state index in [1.54, 1.807) is 6.07 Å². The van der Waals surface area contributed by atoms with Crippen molar-refractivity contribution in [3.05, 3.63) is 30.0 Å². The molecule has 0 unspecified atom stereocenters. The third-order valence-electron chi connectivity index (χ3n) is 4.00. The lowest BCUT2D eigenvalue weighted by Crippen LogP contribution is -2.26. The predicted molar refractivity (Wildman–Crippen MR) is 74.4 cm³/mol. The maximum absolute atomic E-state index is 12.4. The Hall–Kier alpha value is -1.69. The minimum Gasteiger partial charge on any atom is -0.406 e. The fourth-order valence-corrected chi connectivity index (χ4v) is 3.06. The van der Waals surface area contributed by atoms with Crippen LogP contribution in [0.2, 0.25) is 0 Å². The average molecular weight is 298 g/mol. The van der Waals surface area contributed by atoms with Gasteiger partial charge in [0.1, 0.15) is 5.75 Å². The van der Waals surface area contributed by atoms with Crippen LogP contribution in [0.4, 0.5) is 13.2 Å². The van der Waals surface area contributed by atoms with Crippen molar-refractivity contribution >= 4 is 10.9 Å². The number of hydrogen-bond acceptors (Lipinski definition) is 2. The van der Waals surface area contributed by atoms with Gasteiger partial charge in [-0.05, 0) is 55.6 Å². The highest BCUT2D eigenvalue weighted by Crippen LogP contribution is 2.35. The molecule has 3 nitrogen and oxygen atoms in total. The summed E-state index contributed by atoms with van der Waals surface area (Å²) in [4.78, 5) is 0. The number of piperidine rings is 1. The monoisotopic (exact) mass is 298 g/mol. The lowest BCUT2D eigenvalue weighted by molar-refractivity contribution is -0.274. The van der Waals surface area contributed by atoms with E-state index in [1.165, 1.54) is 12.1 Å². The lowest BCUT2D eigenvalue weighted by atomic mass is 9.90. The molecular weight excluding hydrogens is 281 g/mol. The first kappa shape index (κ1) is 14.3. The summed E-state index contributed by atoms with van der Waals surface area (Å²) < 4.78 is 43.1. The van der Waals surface area contributed by atoms with Gasteiger partial charge in [0.05, 0.1) is 0 Å². The van der Waals surface area contributed by atoms with Gasteiger partial charge in [-0.25, -0.2) is 0 Å². The second-order valence-corrected chi connectivity index (χ2v) is 5.45. The van der Waals surface area contributed by atoms with Crippen LogP contribution in [0.1, 0.15) is 24.3 Å². The van der Waals surface area contributed by atoms with Gasteiger partial charge in [0.2, 0.25) is 0 Å². The van der Waals surface area contributed by atoms with Gasteiger partial charge in [-0.3, -0.25) is 0 Å². The Bertz CT molecular complexity index is 642. The van der Waals surface area contributed by atoms with E-state index in [1.807, 2.05) is 17.8 Å². The lowest BCUT2D eigenvalue weighted by Gasteiger charge is -2.22. The summed E-state index contributed by atoms with van der Waals surface area (Å²) in [5.74, 6) is 0.229. The van der Waals surface area contributed by atoms with Crippen molar-refractivity contribution in [2.24, 2.45) is 7.05 Å². The summed E-state index contributed by atoms with van der Waals surface area (Å²) >= 11 is 0. The largest absolute Gasteiger partial charge is 0.573 e. The Morgan fingerprint density at radius 1 is 1.24 bits per heavy atom. The van der Waals surface area contributed by atoms with Crippen LogP contribution in [0, 0.1) is 0 Å². The van der Waals surface area contributed by atoms with Crippen LogP contribution >= 0.6 is 0 Å². The Labute approximate surface area is 120 Å². The second kappa shape index (κ2) is 5.26. The highest BCUT2D eigenvalue weighted by molar-refractivity contribution is 5.86. The van der Waals surface area contributed by atoms with E-state index in [0.717, 1.165) is 42.4 Å². The number of nitrogens with one attached hydrogen (secondary N) is 1. The van der Waals surface area contributed by atoms with Crippen LogP contribution in [0.15, 0.2) is 24.4 Å². The topological polar surface area (TPSA) is 26.2 Å². The zero-order valence-electron chi connectivity index (χ0n) is 11.7. The fraction of sp³-hybridized carbons (Fsp3) is 0.467. The van der Waals surface area contributed by atoms with E-state index < -0.39 is 6.36 Å². The molecule has 21 heavy (non-hydrogen) atoms. The van der Waals surface area contributed by atoms with Crippen molar-refractivity contribution in [1.29, 1.82) is 0 Å². The van der Waals surface area contributed by atoms with Crippen LogP contribution in [-0.4, -0.2) is 24.0 Å². The zero-order chi connectivity index (χ0) is 15.0. The summed E-state index contributed by atoms with van der Waals surface area (Å²) in [5.41, 5.74) is 2.04. The Balaban J connectivity index is 2.01. The summed E-state index contributed by atoms with van der Waals surface area (Å²) in [6, 6.07) is 4.54. The van der Waals surface area contributed by atoms with Gasteiger partial charge in [-0.2, -0.15) is 0 Å². The first-order valence-corrected chi connectivity index (χ1v) is 6.99. The molecule has 1 fully saturated rings. The first-order chi connectivity index (χ1) is 9.94. The van der Waals surface area contributed by atoms with E-state index in [-0.39, 0.29) is 5.75 Å². The van der Waals surface area contributed by atoms with Crippen molar-refractivity contribution in [2.45, 2.75) is 25.1 Å². The molecule has 1 aromatic heterocycles. The molecule has 0 aliphatic carbocycles. The SMILES string of the molecule is Cn1cc(C2CCNCC2)c2cc(OC(F)(F)F)ccc21. The smallest absolute Gasteiger partial charge is 0.406 e. The number of hydrogen-bond donors (Lipinski definition) is 1. The molecule has 6 heteroatoms. The highest BCUT2D eigenvalue weighted by Gasteiger charge is 2.31. The number of aromatic nitrogens is 1. The third-order valence-corrected chi connectivity index (χ3v) is 4.00. The van der Waals surface area contributed by atoms with Crippen molar-refractivity contribution in [2.75, 3.05) is 13.1 Å². The Morgan fingerprint density at radius 3 is 2.62 bits per heavy atom. The molecule has 1 aromatic carbocycles. The zero-order valence-corrected chi connectivity index (χ0v) is 11.7. The minimum atomic E-state index is -4.66. The molecule has 1 aliphatic rings. The molecule has 1 aliphatic heterocycles. The standard InChI is InChI=1S/C15H17F3N2O/c1-20-9-13(10-4-6-19-7-5-10)12-8-11(2-3-14(12)20)21-15(16,17)18/h2-3,8-10,19H,4-7H2,1H3. The van der Waals surface area contributed by atoms with E-state index in [2.05, 4.69) is 10.1 Å². The molecule has 3 rings (SSSR count). The van der Waals surface area contributed by atoms with Crippen LogP contribution in [0.5, 0.6) is 5.75 Å². The van der Waals surface area contributed by atoms with Gasteiger partial charge in [0.25, 0.3) is 0 Å². The van der Waals surface area contributed by atoms with E-state index in [9.17, 15) is 13.2 Å². The number of halogens is 3. The van der Waals surface area contributed by atoms with Gasteiger partial charge >= 0.3 is 6.36 Å². The highest BCUT2D eigenvalue weighted by atomic mass is 19.4. The molecule has 0 spiro atoms. The van der Waals surface area contributed by atoms with Crippen molar-refractivity contribution in [1.82, 2.24) is 9.88 Å². The number of rotatable bonds is 2. The molecule has 0 atom stereocenters. The second-order valence-electron chi connectivity index (χ2n) is 5.45. The number of benzene rings is 1. The molecule has 2 heterocycles. The molecule has 0 bridgehead atoms. The summed E-state index contributed by atoms with van der Waals surface area (Å²) in [6.07, 6.45) is -0.623. The van der Waals surface area contributed by atoms with E-state index >= 15 is 0 Å². The molecule has 1 N–H and O–H groups in total. The quantitative estimate of drug-likeness (QED) is 0.917. The maximum atomic E-state index is 12.4. The third kappa shape index (κ3) is 3.00. The van der Waals surface area contributed by atoms with Crippen molar-refractivity contribution in [3.63, 3.8) is 0 Å². The molecule has 114 valence electrons. The van der Waals surface area contributed by atoms with E-state index in [0.29, 0.717) is 5.92 Å². The normalized spacial score (nSPS) is 17.3. The van der Waals surface area contributed by atoms with Crippen molar-refractivity contribution < 1.29 is 17.9 Å². The number of alkyl halides is 3. The molecule has 2 aromatic rings. The molecular formula is C15H17F3N2O. The van der Waals surface area contributed by atoms with Gasteiger partial charge in [-0.15, -0.1) is 13.2 Å². The summed E-state index contributed by atoms with van der Waals surface area (Å²) in [5, 5.41) is 4.15. The van der Waals surface area contributed by atoms with Crippen LogP contribution < -0.4 is 10.1 Å². The number of nitrogens with zero attached hydrogens (tertiary/aromatic N) is 1. The van der Waals surface area contributed by atoms with Crippen LogP contribution in [-0.2, 0) is 7.05 Å². The predicted octanol–water partition coefficient (Wildman–Crippen LogP) is 3.54. The van der Waals surface area contributed by atoms with Gasteiger partial charge in [0, 0.05) is 24.1 Å². The van der Waals surface area contributed by atoms with Gasteiger partial charge < -0.3 is 14.6 Å². The maximum Gasteiger partial charge on any atom is 0.573 e. The fourth-order valence-electron chi connectivity index (χ4n) is 3.06. The van der Waals surface area contributed by atoms with Crippen LogP contribution in [0.3, 0.4) is 0 Å². The van der Waals surface area contributed by atoms with E-state index in [4.69, 9.17) is 0 Å². The minimum absolute atomic E-state index is 0.156. The number of ether oxygens (including phenoxy) is 1. The number of fused-ring (bicyclic) bond motifs is 1. The average Bonchev–Trinajstić information content (AvgIpc) is 2.75. The molecule has 0 saturated carbocycles. The van der Waals surface area contributed by atoms with Gasteiger partial charge in [-0.1, -0.05) is 0 Å². The Kier molecular flexibility index (Phi) is 3.57. The first-order valence-electron chi connectivity index (χ1n) is 6.99. The molecule has 1 saturated heterocycles.